The van der Waals surface area contributed by atoms with E-state index in [1.54, 1.807) is 0 Å². The quantitative estimate of drug-likeness (QED) is 0.465. The number of halogens is 6. The van der Waals surface area contributed by atoms with Gasteiger partial charge in [0.1, 0.15) is 0 Å². The molecule has 112 valence electrons. The lowest BCUT2D eigenvalue weighted by atomic mass is 10.8. The first-order chi connectivity index (χ1) is 8.00. The third-order valence-corrected chi connectivity index (χ3v) is 0.233. The molecule has 0 heterocycles. The van der Waals surface area contributed by atoms with Crippen LogP contribution in [0.15, 0.2) is 0 Å². The number of amides is 2. The topological polar surface area (TPSA) is 86.2 Å². The van der Waals surface area contributed by atoms with E-state index in [0.717, 1.165) is 0 Å². The molecule has 0 saturated heterocycles. The second-order valence-electron chi connectivity index (χ2n) is 1.77. The van der Waals surface area contributed by atoms with Crippen LogP contribution in [0.5, 0.6) is 0 Å². The van der Waals surface area contributed by atoms with Gasteiger partial charge >= 0.3 is 0 Å². The van der Waals surface area contributed by atoms with Gasteiger partial charge in [-0.1, -0.05) is 25.3 Å². The second-order valence-corrected chi connectivity index (χ2v) is 2.65. The first kappa shape index (κ1) is 25.9. The molecule has 0 fully saturated rings. The van der Waals surface area contributed by atoms with Gasteiger partial charge in [0, 0.05) is 0 Å². The Morgan fingerprint density at radius 1 is 0.833 bits per heavy atom. The van der Waals surface area contributed by atoms with Crippen molar-refractivity contribution in [1.82, 2.24) is 0 Å². The summed E-state index contributed by atoms with van der Waals surface area (Å²) in [5.41, 5.74) is 8.67. The van der Waals surface area contributed by atoms with Crippen molar-refractivity contribution >= 4 is 35.7 Å². The zero-order valence-electron chi connectivity index (χ0n) is 8.70. The van der Waals surface area contributed by atoms with Gasteiger partial charge in [-0.3, -0.25) is 9.59 Å². The lowest BCUT2D eigenvalue weighted by Gasteiger charge is -1.78. The van der Waals surface area contributed by atoms with Crippen LogP contribution in [0.25, 0.3) is 0 Å². The normalized spacial score (nSPS) is 8.11. The highest BCUT2D eigenvalue weighted by Gasteiger charge is 1.95. The fraction of sp³-hybridized carbons (Fsp3) is 0.667. The highest BCUT2D eigenvalue weighted by atomic mass is 32.1. The predicted molar refractivity (Wildman–Crippen MR) is 61.1 cm³/mol. The van der Waals surface area contributed by atoms with Gasteiger partial charge in [-0.05, 0) is 0 Å². The van der Waals surface area contributed by atoms with Crippen LogP contribution in [0, 0.1) is 0 Å². The summed E-state index contributed by atoms with van der Waals surface area (Å²) in [7, 11) is 0. The zero-order valence-corrected chi connectivity index (χ0v) is 10.5. The Bertz CT molecular complexity index is 171. The lowest BCUT2D eigenvalue weighted by molar-refractivity contribution is 0.113. The van der Waals surface area contributed by atoms with Crippen LogP contribution in [-0.2, 0) is 0 Å². The summed E-state index contributed by atoms with van der Waals surface area (Å²) in [5, 5.41) is -1.28. The molecule has 0 aliphatic carbocycles. The predicted octanol–water partition coefficient (Wildman–Crippen LogP) is 2.43. The summed E-state index contributed by atoms with van der Waals surface area (Å²) in [5.74, 6) is 0. The molecule has 2 amide bonds. The van der Waals surface area contributed by atoms with Crippen LogP contribution < -0.4 is 11.5 Å². The van der Waals surface area contributed by atoms with E-state index >= 15 is 0 Å². The van der Waals surface area contributed by atoms with E-state index in [9.17, 15) is 26.3 Å². The van der Waals surface area contributed by atoms with Crippen molar-refractivity contribution in [3.8, 4) is 0 Å². The van der Waals surface area contributed by atoms with Crippen molar-refractivity contribution in [2.45, 2.75) is 12.9 Å². The standard InChI is InChI=1S/2C2H3F3.2CH3NOS/c2*3-1-2(4)5;2*2-1(3)4/h2*2H,1H2;2*(H3,2,3,4). The maximum atomic E-state index is 10.4. The number of rotatable bonds is 2. The third-order valence-electron chi connectivity index (χ3n) is 0.233. The first-order valence-corrected chi connectivity index (χ1v) is 4.55. The van der Waals surface area contributed by atoms with Gasteiger partial charge in [-0.2, -0.15) is 0 Å². The Labute approximate surface area is 110 Å². The summed E-state index contributed by atoms with van der Waals surface area (Å²) in [6, 6.07) is 0. The van der Waals surface area contributed by atoms with Gasteiger partial charge < -0.3 is 11.5 Å². The highest BCUT2D eigenvalue weighted by molar-refractivity contribution is 7.96. The molecule has 4 nitrogen and oxygen atoms in total. The smallest absolute Gasteiger partial charge is 0.273 e. The number of carbonyl (C=O) groups is 2. The molecule has 0 aliphatic heterocycles. The number of hydrogen-bond acceptors (Lipinski definition) is 2. The van der Waals surface area contributed by atoms with Crippen LogP contribution in [0.3, 0.4) is 0 Å². The fourth-order valence-corrected chi connectivity index (χ4v) is 0. The Hall–Kier alpha value is -0.780. The molecule has 0 bridgehead atoms. The van der Waals surface area contributed by atoms with E-state index in [-0.39, 0.29) is 0 Å². The minimum absolute atomic E-state index is 0.639. The van der Waals surface area contributed by atoms with Crippen molar-refractivity contribution in [3.05, 3.63) is 0 Å². The summed E-state index contributed by atoms with van der Waals surface area (Å²) in [4.78, 5) is 18.2. The van der Waals surface area contributed by atoms with Crippen LogP contribution in [0.1, 0.15) is 0 Å². The summed E-state index contributed by atoms with van der Waals surface area (Å²) < 4.78 is 62.3. The minimum Gasteiger partial charge on any atom is -0.361 e. The van der Waals surface area contributed by atoms with Gasteiger partial charge in [0.15, 0.2) is 13.3 Å². The Kier molecular flexibility index (Phi) is 31.0. The van der Waals surface area contributed by atoms with Gasteiger partial charge in [0.05, 0.1) is 0 Å². The van der Waals surface area contributed by atoms with Gasteiger partial charge in [-0.25, -0.2) is 26.3 Å². The van der Waals surface area contributed by atoms with Crippen molar-refractivity contribution < 1.29 is 35.9 Å². The number of carbonyl (C=O) groups excluding carboxylic acids is 2. The molecule has 0 spiro atoms. The average Bonchev–Trinajstić information content (AvgIpc) is 2.16. The molecule has 0 rings (SSSR count). The highest BCUT2D eigenvalue weighted by Crippen LogP contribution is 1.89. The lowest BCUT2D eigenvalue weighted by Crippen LogP contribution is -1.95. The molecular formula is C6H12F6N2O2S2. The van der Waals surface area contributed by atoms with Crippen LogP contribution in [0.4, 0.5) is 35.9 Å². The van der Waals surface area contributed by atoms with Crippen molar-refractivity contribution in [1.29, 1.82) is 0 Å². The molecule has 18 heavy (non-hydrogen) atoms. The van der Waals surface area contributed by atoms with Crippen molar-refractivity contribution in [2.24, 2.45) is 11.5 Å². The molecule has 0 aromatic heterocycles. The second kappa shape index (κ2) is 21.5. The zero-order chi connectivity index (χ0) is 15.7. The van der Waals surface area contributed by atoms with Crippen molar-refractivity contribution in [2.75, 3.05) is 13.3 Å². The van der Waals surface area contributed by atoms with E-state index in [1.807, 2.05) is 0 Å². The monoisotopic (exact) mass is 322 g/mol. The maximum absolute atomic E-state index is 10.4. The van der Waals surface area contributed by atoms with E-state index in [1.165, 1.54) is 0 Å². The maximum Gasteiger partial charge on any atom is 0.273 e. The largest absolute Gasteiger partial charge is 0.361 e. The first-order valence-electron chi connectivity index (χ1n) is 3.66. The Morgan fingerprint density at radius 2 is 0.889 bits per heavy atom. The summed E-state index contributed by atoms with van der Waals surface area (Å²) >= 11 is 6.21. The number of primary amides is 2. The molecule has 0 aliphatic rings. The number of hydrogen-bond donors (Lipinski definition) is 4. The molecule has 0 unspecified atom stereocenters. The Morgan fingerprint density at radius 3 is 0.889 bits per heavy atom. The van der Waals surface area contributed by atoms with Crippen LogP contribution >= 0.6 is 25.3 Å². The molecule has 0 aromatic rings. The van der Waals surface area contributed by atoms with E-state index in [2.05, 4.69) is 36.7 Å². The number of alkyl halides is 6. The SMILES string of the molecule is FCC(F)F.FCC(F)F.NC(=O)S.NC(=O)S. The summed E-state index contributed by atoms with van der Waals surface area (Å²) in [6.45, 7) is -3.06. The van der Waals surface area contributed by atoms with E-state index in [4.69, 9.17) is 9.59 Å². The average molecular weight is 322 g/mol. The molecule has 0 atom stereocenters. The minimum atomic E-state index is -2.78. The molecule has 4 N–H and O–H groups in total. The molecule has 0 radical (unpaired) electrons. The molecule has 12 heteroatoms. The number of nitrogens with two attached hydrogens (primary N) is 2. The van der Waals surface area contributed by atoms with Gasteiger partial charge in [-0.15, -0.1) is 0 Å². The van der Waals surface area contributed by atoms with Gasteiger partial charge in [0.25, 0.3) is 23.3 Å². The van der Waals surface area contributed by atoms with Crippen LogP contribution in [-0.4, -0.2) is 36.7 Å². The molecule has 0 saturated carbocycles. The van der Waals surface area contributed by atoms with Gasteiger partial charge in [0.2, 0.25) is 0 Å². The van der Waals surface area contributed by atoms with E-state index < -0.39 is 36.7 Å². The van der Waals surface area contributed by atoms with E-state index in [0.29, 0.717) is 0 Å². The summed E-state index contributed by atoms with van der Waals surface area (Å²) in [6.07, 6.45) is -5.56. The van der Waals surface area contributed by atoms with Crippen molar-refractivity contribution in [3.63, 3.8) is 0 Å². The molecule has 0 aromatic carbocycles. The fourth-order valence-electron chi connectivity index (χ4n) is 0. The Balaban J connectivity index is -0.0000000731. The third kappa shape index (κ3) is 297. The number of thiol groups is 2. The van der Waals surface area contributed by atoms with Crippen LogP contribution in [0.2, 0.25) is 0 Å². The molecular weight excluding hydrogens is 310 g/mol.